The Balaban J connectivity index is 2.23. The number of piperidine rings is 1. The second kappa shape index (κ2) is 5.26. The monoisotopic (exact) mass is 279 g/mol. The predicted molar refractivity (Wildman–Crippen MR) is 72.9 cm³/mol. The molecule has 1 aliphatic heterocycles. The van der Waals surface area contributed by atoms with Gasteiger partial charge in [-0.15, -0.1) is 0 Å². The molecule has 1 fully saturated rings. The normalized spacial score (nSPS) is 26.9. The van der Waals surface area contributed by atoms with Crippen molar-refractivity contribution in [1.29, 1.82) is 0 Å². The van der Waals surface area contributed by atoms with Gasteiger partial charge >= 0.3 is 5.97 Å². The van der Waals surface area contributed by atoms with Crippen molar-refractivity contribution in [3.05, 3.63) is 17.5 Å². The van der Waals surface area contributed by atoms with Crippen molar-refractivity contribution in [2.75, 3.05) is 0 Å². The van der Waals surface area contributed by atoms with E-state index in [9.17, 15) is 14.7 Å². The van der Waals surface area contributed by atoms with Gasteiger partial charge in [0.2, 0.25) is 5.91 Å². The fourth-order valence-electron chi connectivity index (χ4n) is 2.98. The molecular formula is C14H21N3O3. The molecule has 0 saturated carbocycles. The highest BCUT2D eigenvalue weighted by Gasteiger charge is 2.41. The number of carboxylic acids is 1. The summed E-state index contributed by atoms with van der Waals surface area (Å²) in [6, 6.07) is -0.302. The highest BCUT2D eigenvalue weighted by Crippen LogP contribution is 2.31. The van der Waals surface area contributed by atoms with Crippen LogP contribution in [0, 0.1) is 18.8 Å². The molecular weight excluding hydrogens is 258 g/mol. The van der Waals surface area contributed by atoms with Crippen LogP contribution in [0.4, 0.5) is 0 Å². The maximum atomic E-state index is 12.2. The van der Waals surface area contributed by atoms with Gasteiger partial charge in [0.25, 0.3) is 0 Å². The molecule has 0 aromatic carbocycles. The zero-order chi connectivity index (χ0) is 15.0. The summed E-state index contributed by atoms with van der Waals surface area (Å²) in [4.78, 5) is 25.3. The number of amides is 1. The van der Waals surface area contributed by atoms with E-state index in [1.54, 1.807) is 15.8 Å². The van der Waals surface area contributed by atoms with Crippen molar-refractivity contribution in [3.63, 3.8) is 0 Å². The Hall–Kier alpha value is -1.85. The lowest BCUT2D eigenvalue weighted by molar-refractivity contribution is -0.155. The SMILES string of the molecule is Cc1c(CN2C(=O)CC(C)C(C(=O)O)C2C)cnn1C. The van der Waals surface area contributed by atoms with Crippen LogP contribution in [-0.2, 0) is 23.2 Å². The van der Waals surface area contributed by atoms with Gasteiger partial charge in [-0.1, -0.05) is 6.92 Å². The number of carbonyl (C=O) groups excluding carboxylic acids is 1. The first-order valence-corrected chi connectivity index (χ1v) is 6.82. The van der Waals surface area contributed by atoms with Crippen LogP contribution in [-0.4, -0.2) is 37.7 Å². The minimum atomic E-state index is -0.828. The van der Waals surface area contributed by atoms with Crippen molar-refractivity contribution in [1.82, 2.24) is 14.7 Å². The van der Waals surface area contributed by atoms with Crippen LogP contribution < -0.4 is 0 Å². The fourth-order valence-corrected chi connectivity index (χ4v) is 2.98. The van der Waals surface area contributed by atoms with Crippen LogP contribution in [0.1, 0.15) is 31.5 Å². The van der Waals surface area contributed by atoms with Gasteiger partial charge < -0.3 is 10.0 Å². The fraction of sp³-hybridized carbons (Fsp3) is 0.643. The Kier molecular flexibility index (Phi) is 3.83. The zero-order valence-electron chi connectivity index (χ0n) is 12.3. The Morgan fingerprint density at radius 2 is 2.15 bits per heavy atom. The maximum absolute atomic E-state index is 12.2. The molecule has 1 aliphatic rings. The van der Waals surface area contributed by atoms with Crippen molar-refractivity contribution < 1.29 is 14.7 Å². The predicted octanol–water partition coefficient (Wildman–Crippen LogP) is 1.19. The number of hydrogen-bond donors (Lipinski definition) is 1. The summed E-state index contributed by atoms with van der Waals surface area (Å²) < 4.78 is 1.76. The lowest BCUT2D eigenvalue weighted by atomic mass is 9.81. The van der Waals surface area contributed by atoms with Gasteiger partial charge in [-0.2, -0.15) is 5.10 Å². The van der Waals surface area contributed by atoms with E-state index in [0.717, 1.165) is 11.3 Å². The minimum absolute atomic E-state index is 0.0192. The van der Waals surface area contributed by atoms with E-state index in [0.29, 0.717) is 13.0 Å². The average molecular weight is 279 g/mol. The summed E-state index contributed by atoms with van der Waals surface area (Å²) >= 11 is 0. The summed E-state index contributed by atoms with van der Waals surface area (Å²) in [6.45, 7) is 6.02. The molecule has 0 spiro atoms. The molecule has 0 bridgehead atoms. The maximum Gasteiger partial charge on any atom is 0.308 e. The number of carboxylic acid groups (broad SMARTS) is 1. The first-order chi connectivity index (χ1) is 9.32. The van der Waals surface area contributed by atoms with E-state index in [2.05, 4.69) is 5.10 Å². The standard InChI is InChI=1S/C14H21N3O3/c1-8-5-12(18)17(10(3)13(8)14(19)20)7-11-6-15-16(4)9(11)2/h6,8,10,13H,5,7H2,1-4H3,(H,19,20). The molecule has 1 N–H and O–H groups in total. The van der Waals surface area contributed by atoms with Crippen molar-refractivity contribution in [2.45, 2.75) is 39.8 Å². The molecule has 6 heteroatoms. The van der Waals surface area contributed by atoms with E-state index in [-0.39, 0.29) is 17.9 Å². The van der Waals surface area contributed by atoms with Crippen molar-refractivity contribution in [3.8, 4) is 0 Å². The van der Waals surface area contributed by atoms with Gasteiger partial charge in [-0.25, -0.2) is 0 Å². The number of rotatable bonds is 3. The Bertz CT molecular complexity index is 538. The molecule has 3 unspecified atom stereocenters. The Morgan fingerprint density at radius 3 is 2.65 bits per heavy atom. The lowest BCUT2D eigenvalue weighted by Crippen LogP contribution is -2.52. The van der Waals surface area contributed by atoms with E-state index >= 15 is 0 Å². The molecule has 0 radical (unpaired) electrons. The Labute approximate surface area is 118 Å². The van der Waals surface area contributed by atoms with Gasteiger partial charge in [0.1, 0.15) is 0 Å². The summed E-state index contributed by atoms with van der Waals surface area (Å²) in [5.74, 6) is -1.44. The summed E-state index contributed by atoms with van der Waals surface area (Å²) in [7, 11) is 1.85. The van der Waals surface area contributed by atoms with Crippen LogP contribution >= 0.6 is 0 Å². The van der Waals surface area contributed by atoms with Gasteiger partial charge in [0.15, 0.2) is 0 Å². The van der Waals surface area contributed by atoms with E-state index in [1.165, 1.54) is 0 Å². The molecule has 2 heterocycles. The van der Waals surface area contributed by atoms with Crippen LogP contribution in [0.5, 0.6) is 0 Å². The molecule has 1 amide bonds. The molecule has 2 rings (SSSR count). The van der Waals surface area contributed by atoms with Crippen molar-refractivity contribution >= 4 is 11.9 Å². The average Bonchev–Trinajstić information content (AvgIpc) is 2.65. The first-order valence-electron chi connectivity index (χ1n) is 6.82. The molecule has 6 nitrogen and oxygen atoms in total. The van der Waals surface area contributed by atoms with Crippen LogP contribution in [0.25, 0.3) is 0 Å². The number of aliphatic carboxylic acids is 1. The number of aromatic nitrogens is 2. The van der Waals surface area contributed by atoms with Crippen molar-refractivity contribution in [2.24, 2.45) is 18.9 Å². The number of likely N-dealkylation sites (tertiary alicyclic amines) is 1. The highest BCUT2D eigenvalue weighted by atomic mass is 16.4. The van der Waals surface area contributed by atoms with Crippen LogP contribution in [0.3, 0.4) is 0 Å². The number of carbonyl (C=O) groups is 2. The summed E-state index contributed by atoms with van der Waals surface area (Å²) in [5, 5.41) is 13.5. The van der Waals surface area contributed by atoms with Crippen LogP contribution in [0.15, 0.2) is 6.20 Å². The number of aryl methyl sites for hydroxylation is 1. The second-order valence-electron chi connectivity index (χ2n) is 5.69. The molecule has 20 heavy (non-hydrogen) atoms. The third kappa shape index (κ3) is 2.42. The minimum Gasteiger partial charge on any atom is -0.481 e. The van der Waals surface area contributed by atoms with Gasteiger partial charge in [-0.3, -0.25) is 14.3 Å². The second-order valence-corrected chi connectivity index (χ2v) is 5.69. The molecule has 3 atom stereocenters. The highest BCUT2D eigenvalue weighted by molar-refractivity contribution is 5.81. The van der Waals surface area contributed by atoms with Gasteiger partial charge in [-0.05, 0) is 19.8 Å². The van der Waals surface area contributed by atoms with E-state index < -0.39 is 11.9 Å². The van der Waals surface area contributed by atoms with E-state index in [4.69, 9.17) is 0 Å². The Morgan fingerprint density at radius 1 is 1.50 bits per heavy atom. The first kappa shape index (κ1) is 14.6. The summed E-state index contributed by atoms with van der Waals surface area (Å²) in [5.41, 5.74) is 1.96. The quantitative estimate of drug-likeness (QED) is 0.901. The summed E-state index contributed by atoms with van der Waals surface area (Å²) in [6.07, 6.45) is 2.03. The third-order valence-electron chi connectivity index (χ3n) is 4.40. The van der Waals surface area contributed by atoms with E-state index in [1.807, 2.05) is 27.8 Å². The number of hydrogen-bond acceptors (Lipinski definition) is 3. The van der Waals surface area contributed by atoms with Crippen LogP contribution in [0.2, 0.25) is 0 Å². The smallest absolute Gasteiger partial charge is 0.308 e. The molecule has 1 aromatic rings. The largest absolute Gasteiger partial charge is 0.481 e. The third-order valence-corrected chi connectivity index (χ3v) is 4.40. The van der Waals surface area contributed by atoms with Gasteiger partial charge in [0, 0.05) is 37.3 Å². The topological polar surface area (TPSA) is 75.4 Å². The zero-order valence-corrected chi connectivity index (χ0v) is 12.3. The molecule has 0 aliphatic carbocycles. The lowest BCUT2D eigenvalue weighted by Gasteiger charge is -2.40. The molecule has 1 aromatic heterocycles. The molecule has 110 valence electrons. The molecule has 1 saturated heterocycles. The van der Waals surface area contributed by atoms with Gasteiger partial charge in [0.05, 0.1) is 12.1 Å². The number of nitrogens with zero attached hydrogens (tertiary/aromatic N) is 3.